The summed E-state index contributed by atoms with van der Waals surface area (Å²) in [7, 11) is -17.0. The van der Waals surface area contributed by atoms with Crippen LogP contribution in [0.3, 0.4) is 0 Å². The molecule has 0 unspecified atom stereocenters. The average Bonchev–Trinajstić information content (AvgIpc) is 2.44. The fourth-order valence-corrected chi connectivity index (χ4v) is 3.94. The van der Waals surface area contributed by atoms with Gasteiger partial charge in [0, 0.05) is 13.1 Å². The molecule has 19 heteroatoms. The molecule has 2 N–H and O–H groups in total. The van der Waals surface area contributed by atoms with E-state index in [-0.39, 0.29) is 5.75 Å². The SMILES string of the molecule is O=S(=O)(NS(=O)(=O)C(F)(F)F)C(F)(F)F.O=S(=O)(O)CCCN1CCOCC1. The van der Waals surface area contributed by atoms with Gasteiger partial charge in [-0.05, 0) is 13.0 Å². The van der Waals surface area contributed by atoms with Crippen molar-refractivity contribution < 1.29 is 60.9 Å². The molecule has 1 rings (SSSR count). The highest BCUT2D eigenvalue weighted by atomic mass is 32.3. The minimum absolute atomic E-state index is 0.148. The lowest BCUT2D eigenvalue weighted by Crippen LogP contribution is -2.45. The summed E-state index contributed by atoms with van der Waals surface area (Å²) in [6, 6.07) is 0. The number of ether oxygens (including phenoxy) is 1. The molecule has 1 fully saturated rings. The topological polar surface area (TPSA) is 147 Å². The molecule has 0 aromatic heterocycles. The van der Waals surface area contributed by atoms with Crippen LogP contribution in [-0.4, -0.2) is 84.3 Å². The Kier molecular flexibility index (Phi) is 9.59. The Labute approximate surface area is 156 Å². The van der Waals surface area contributed by atoms with Gasteiger partial charge in [0.1, 0.15) is 0 Å². The average molecular weight is 490 g/mol. The standard InChI is InChI=1S/C7H15NO4S.C2HF6NO4S2/c9-13(10,11)7-1-2-8-3-5-12-6-4-8;3-1(4,5)14(10,11)9-15(12,13)2(6,7)8/h1-7H2,(H,9,10,11);9H. The van der Waals surface area contributed by atoms with Crippen molar-refractivity contribution >= 4 is 30.2 Å². The molecule has 170 valence electrons. The smallest absolute Gasteiger partial charge is 0.379 e. The molecule has 1 saturated heterocycles. The molecular formula is C9H16F6N2O8S3. The van der Waals surface area contributed by atoms with Gasteiger partial charge < -0.3 is 4.74 Å². The molecule has 1 aliphatic rings. The normalized spacial score (nSPS) is 17.7. The molecule has 28 heavy (non-hydrogen) atoms. The van der Waals surface area contributed by atoms with Crippen molar-refractivity contribution in [3.8, 4) is 0 Å². The molecular weight excluding hydrogens is 474 g/mol. The number of sulfonamides is 2. The van der Waals surface area contributed by atoms with E-state index < -0.39 is 45.3 Å². The quantitative estimate of drug-likeness (QED) is 0.384. The van der Waals surface area contributed by atoms with Crippen LogP contribution in [0.25, 0.3) is 0 Å². The van der Waals surface area contributed by atoms with Gasteiger partial charge in [0.25, 0.3) is 10.1 Å². The lowest BCUT2D eigenvalue weighted by molar-refractivity contribution is -0.0476. The van der Waals surface area contributed by atoms with Crippen LogP contribution in [0.4, 0.5) is 26.3 Å². The van der Waals surface area contributed by atoms with Crippen molar-refractivity contribution in [2.75, 3.05) is 38.6 Å². The van der Waals surface area contributed by atoms with Crippen molar-refractivity contribution in [1.29, 1.82) is 0 Å². The maximum Gasteiger partial charge on any atom is 0.512 e. The van der Waals surface area contributed by atoms with Gasteiger partial charge in [0.05, 0.1) is 19.0 Å². The van der Waals surface area contributed by atoms with Gasteiger partial charge in [-0.1, -0.05) is 4.13 Å². The van der Waals surface area contributed by atoms with Crippen molar-refractivity contribution in [3.05, 3.63) is 0 Å². The van der Waals surface area contributed by atoms with Gasteiger partial charge in [0.15, 0.2) is 0 Å². The summed E-state index contributed by atoms with van der Waals surface area (Å²) in [4.78, 5) is 2.13. The number of alkyl halides is 6. The van der Waals surface area contributed by atoms with E-state index >= 15 is 0 Å². The zero-order chi connectivity index (χ0) is 22.4. The van der Waals surface area contributed by atoms with Crippen LogP contribution in [0.5, 0.6) is 0 Å². The Morgan fingerprint density at radius 3 is 1.57 bits per heavy atom. The molecule has 0 radical (unpaired) electrons. The number of nitrogens with zero attached hydrogens (tertiary/aromatic N) is 1. The van der Waals surface area contributed by atoms with E-state index in [0.29, 0.717) is 26.2 Å². The first-order chi connectivity index (χ1) is 12.3. The van der Waals surface area contributed by atoms with E-state index in [9.17, 15) is 51.6 Å². The number of hydrogen-bond acceptors (Lipinski definition) is 8. The molecule has 0 bridgehead atoms. The lowest BCUT2D eigenvalue weighted by Gasteiger charge is -2.26. The highest BCUT2D eigenvalue weighted by molar-refractivity contribution is 8.05. The second-order valence-corrected chi connectivity index (χ2v) is 10.3. The first-order valence-corrected chi connectivity index (χ1v) is 11.5. The van der Waals surface area contributed by atoms with Crippen molar-refractivity contribution in [1.82, 2.24) is 9.03 Å². The minimum atomic E-state index is -6.60. The summed E-state index contributed by atoms with van der Waals surface area (Å²) in [5.74, 6) is -0.148. The number of rotatable bonds is 6. The molecule has 0 atom stereocenters. The summed E-state index contributed by atoms with van der Waals surface area (Å²) in [6.07, 6.45) is 0.485. The van der Waals surface area contributed by atoms with Crippen molar-refractivity contribution in [2.45, 2.75) is 17.4 Å². The van der Waals surface area contributed by atoms with Crippen LogP contribution < -0.4 is 4.13 Å². The summed E-state index contributed by atoms with van der Waals surface area (Å²) in [6.45, 7) is 3.85. The maximum atomic E-state index is 11.5. The second kappa shape index (κ2) is 9.85. The highest BCUT2D eigenvalue weighted by Gasteiger charge is 2.55. The number of nitrogens with one attached hydrogen (secondary N) is 1. The summed E-state index contributed by atoms with van der Waals surface area (Å²) >= 11 is 0. The fourth-order valence-electron chi connectivity index (χ4n) is 1.53. The van der Waals surface area contributed by atoms with Gasteiger partial charge >= 0.3 is 31.1 Å². The number of halogens is 6. The third kappa shape index (κ3) is 10.2. The largest absolute Gasteiger partial charge is 0.512 e. The Bertz CT molecular complexity index is 758. The molecule has 0 aliphatic carbocycles. The second-order valence-electron chi connectivity index (χ2n) is 5.08. The van der Waals surface area contributed by atoms with E-state index in [1.807, 2.05) is 0 Å². The first-order valence-electron chi connectivity index (χ1n) is 6.95. The third-order valence-electron chi connectivity index (χ3n) is 2.81. The van der Waals surface area contributed by atoms with E-state index in [0.717, 1.165) is 13.1 Å². The summed E-state index contributed by atoms with van der Waals surface area (Å²) in [5, 5.41) is 0. The summed E-state index contributed by atoms with van der Waals surface area (Å²) < 4.78 is 143. The van der Waals surface area contributed by atoms with Gasteiger partial charge in [-0.25, -0.2) is 16.8 Å². The minimum Gasteiger partial charge on any atom is -0.379 e. The first kappa shape index (κ1) is 27.3. The predicted molar refractivity (Wildman–Crippen MR) is 81.4 cm³/mol. The van der Waals surface area contributed by atoms with E-state index in [1.165, 1.54) is 0 Å². The van der Waals surface area contributed by atoms with Crippen molar-refractivity contribution in [3.63, 3.8) is 0 Å². The molecule has 0 amide bonds. The molecule has 1 heterocycles. The van der Waals surface area contributed by atoms with Gasteiger partial charge in [0.2, 0.25) is 0 Å². The van der Waals surface area contributed by atoms with Crippen molar-refractivity contribution in [2.24, 2.45) is 0 Å². The molecule has 10 nitrogen and oxygen atoms in total. The zero-order valence-corrected chi connectivity index (χ0v) is 16.1. The monoisotopic (exact) mass is 490 g/mol. The van der Waals surface area contributed by atoms with Crippen LogP contribution >= 0.6 is 0 Å². The maximum absolute atomic E-state index is 11.5. The fraction of sp³-hybridized carbons (Fsp3) is 1.00. The van der Waals surface area contributed by atoms with Crippen LogP contribution in [0, 0.1) is 0 Å². The van der Waals surface area contributed by atoms with Crippen LogP contribution in [0.1, 0.15) is 6.42 Å². The molecule has 0 saturated carbocycles. The zero-order valence-electron chi connectivity index (χ0n) is 13.7. The number of morpholine rings is 1. The molecule has 1 aliphatic heterocycles. The Morgan fingerprint density at radius 1 is 0.857 bits per heavy atom. The molecule has 0 spiro atoms. The molecule has 0 aromatic carbocycles. The Morgan fingerprint density at radius 2 is 1.25 bits per heavy atom. The molecule has 0 aromatic rings. The summed E-state index contributed by atoms with van der Waals surface area (Å²) in [5.41, 5.74) is -12.3. The van der Waals surface area contributed by atoms with Crippen LogP contribution in [0.2, 0.25) is 0 Å². The van der Waals surface area contributed by atoms with E-state index in [4.69, 9.17) is 9.29 Å². The van der Waals surface area contributed by atoms with Crippen LogP contribution in [0.15, 0.2) is 0 Å². The highest BCUT2D eigenvalue weighted by Crippen LogP contribution is 2.27. The Balaban J connectivity index is 0.000000525. The van der Waals surface area contributed by atoms with Gasteiger partial charge in [-0.2, -0.15) is 34.8 Å². The van der Waals surface area contributed by atoms with Gasteiger partial charge in [-0.3, -0.25) is 9.45 Å². The predicted octanol–water partition coefficient (Wildman–Crippen LogP) is -0.128. The van der Waals surface area contributed by atoms with Crippen LogP contribution in [-0.2, 0) is 34.9 Å². The van der Waals surface area contributed by atoms with E-state index in [1.54, 1.807) is 0 Å². The van der Waals surface area contributed by atoms with E-state index in [2.05, 4.69) is 4.90 Å². The lowest BCUT2D eigenvalue weighted by atomic mass is 10.4. The van der Waals surface area contributed by atoms with Gasteiger partial charge in [-0.15, -0.1) is 0 Å². The number of hydrogen-bond donors (Lipinski definition) is 2. The Hall–Kier alpha value is -0.730. The third-order valence-corrected chi connectivity index (χ3v) is 6.59.